The normalized spacial score (nSPS) is 13.1. The maximum absolute atomic E-state index is 9.54. The Hall–Kier alpha value is -1.41. The molecule has 0 bridgehead atoms. The zero-order valence-electron chi connectivity index (χ0n) is 8.36. The Bertz CT molecular complexity index is 463. The minimum Gasteiger partial charge on any atom is -0.389 e. The average molecular weight is 187 g/mol. The molecule has 2 nitrogen and oxygen atoms in total. The van der Waals surface area contributed by atoms with Gasteiger partial charge in [0, 0.05) is 11.6 Å². The predicted molar refractivity (Wildman–Crippen MR) is 57.1 cm³/mol. The van der Waals surface area contributed by atoms with Crippen molar-refractivity contribution >= 4 is 10.9 Å². The number of pyridine rings is 1. The van der Waals surface area contributed by atoms with E-state index in [1.54, 1.807) is 13.1 Å². The van der Waals surface area contributed by atoms with Crippen LogP contribution in [0.25, 0.3) is 10.9 Å². The Balaban J connectivity index is 2.71. The highest BCUT2D eigenvalue weighted by atomic mass is 16.3. The van der Waals surface area contributed by atoms with Crippen molar-refractivity contribution in [2.75, 3.05) is 0 Å². The van der Waals surface area contributed by atoms with E-state index in [0.29, 0.717) is 0 Å². The molecule has 1 heterocycles. The smallest absolute Gasteiger partial charge is 0.0764 e. The molecule has 2 heteroatoms. The second-order valence-corrected chi connectivity index (χ2v) is 3.58. The number of hydrogen-bond donors (Lipinski definition) is 1. The molecule has 1 atom stereocenters. The first kappa shape index (κ1) is 9.16. The number of aliphatic hydroxyl groups excluding tert-OH is 1. The number of fused-ring (bicyclic) bond motifs is 1. The number of benzene rings is 1. The Morgan fingerprint density at radius 2 is 2.14 bits per heavy atom. The van der Waals surface area contributed by atoms with Crippen molar-refractivity contribution in [1.82, 2.24) is 4.98 Å². The third-order valence-corrected chi connectivity index (χ3v) is 2.44. The minimum absolute atomic E-state index is 0.417. The predicted octanol–water partition coefficient (Wildman–Crippen LogP) is 2.60. The van der Waals surface area contributed by atoms with Crippen LogP contribution in [0.15, 0.2) is 30.5 Å². The van der Waals surface area contributed by atoms with Gasteiger partial charge in [0.05, 0.1) is 11.6 Å². The maximum atomic E-state index is 9.54. The number of nitrogens with zero attached hydrogens (tertiary/aromatic N) is 1. The zero-order chi connectivity index (χ0) is 10.1. The molecule has 0 spiro atoms. The van der Waals surface area contributed by atoms with Gasteiger partial charge in [-0.15, -0.1) is 0 Å². The lowest BCUT2D eigenvalue weighted by Gasteiger charge is -2.09. The molecule has 14 heavy (non-hydrogen) atoms. The van der Waals surface area contributed by atoms with Gasteiger partial charge in [-0.1, -0.05) is 6.07 Å². The van der Waals surface area contributed by atoms with E-state index in [9.17, 15) is 5.11 Å². The van der Waals surface area contributed by atoms with Gasteiger partial charge in [-0.3, -0.25) is 4.98 Å². The summed E-state index contributed by atoms with van der Waals surface area (Å²) in [6, 6.07) is 7.93. The van der Waals surface area contributed by atoms with Crippen molar-refractivity contribution < 1.29 is 5.11 Å². The minimum atomic E-state index is -0.417. The molecule has 0 aliphatic carbocycles. The first-order valence-corrected chi connectivity index (χ1v) is 4.72. The number of aromatic nitrogens is 1. The molecular weight excluding hydrogens is 174 g/mol. The van der Waals surface area contributed by atoms with E-state index >= 15 is 0 Å². The maximum Gasteiger partial charge on any atom is 0.0764 e. The van der Waals surface area contributed by atoms with Crippen LogP contribution < -0.4 is 0 Å². The van der Waals surface area contributed by atoms with Crippen LogP contribution in [0, 0.1) is 6.92 Å². The summed E-state index contributed by atoms with van der Waals surface area (Å²) in [4.78, 5) is 4.26. The molecular formula is C12H13NO. The van der Waals surface area contributed by atoms with Crippen LogP contribution in [-0.2, 0) is 0 Å². The lowest BCUT2D eigenvalue weighted by Crippen LogP contribution is -1.95. The van der Waals surface area contributed by atoms with E-state index < -0.39 is 6.10 Å². The largest absolute Gasteiger partial charge is 0.389 e. The van der Waals surface area contributed by atoms with Crippen LogP contribution in [0.1, 0.15) is 24.2 Å². The fourth-order valence-electron chi connectivity index (χ4n) is 1.69. The lowest BCUT2D eigenvalue weighted by atomic mass is 10.0. The van der Waals surface area contributed by atoms with Gasteiger partial charge in [-0.25, -0.2) is 0 Å². The highest BCUT2D eigenvalue weighted by molar-refractivity contribution is 5.80. The Morgan fingerprint density at radius 3 is 2.86 bits per heavy atom. The van der Waals surface area contributed by atoms with Crippen LogP contribution >= 0.6 is 0 Å². The van der Waals surface area contributed by atoms with Gasteiger partial charge in [0.15, 0.2) is 0 Å². The van der Waals surface area contributed by atoms with Gasteiger partial charge in [-0.2, -0.15) is 0 Å². The van der Waals surface area contributed by atoms with E-state index in [4.69, 9.17) is 0 Å². The Kier molecular flexibility index (Phi) is 2.22. The van der Waals surface area contributed by atoms with E-state index in [1.807, 2.05) is 31.2 Å². The summed E-state index contributed by atoms with van der Waals surface area (Å²) in [6.45, 7) is 3.78. The lowest BCUT2D eigenvalue weighted by molar-refractivity contribution is 0.198. The molecule has 0 saturated carbocycles. The average Bonchev–Trinajstić information content (AvgIpc) is 2.16. The third kappa shape index (κ3) is 1.49. The second-order valence-electron chi connectivity index (χ2n) is 3.58. The van der Waals surface area contributed by atoms with Gasteiger partial charge in [-0.05, 0) is 43.2 Å². The molecule has 1 unspecified atom stereocenters. The van der Waals surface area contributed by atoms with Crippen molar-refractivity contribution in [3.05, 3.63) is 41.6 Å². The van der Waals surface area contributed by atoms with Crippen LogP contribution in [0.5, 0.6) is 0 Å². The molecule has 72 valence electrons. The second kappa shape index (κ2) is 3.39. The summed E-state index contributed by atoms with van der Waals surface area (Å²) in [5, 5.41) is 10.6. The van der Waals surface area contributed by atoms with Gasteiger partial charge in [0.25, 0.3) is 0 Å². The topological polar surface area (TPSA) is 33.1 Å². The number of aliphatic hydroxyl groups is 1. The third-order valence-electron chi connectivity index (χ3n) is 2.44. The van der Waals surface area contributed by atoms with Crippen molar-refractivity contribution in [3.8, 4) is 0 Å². The van der Waals surface area contributed by atoms with Gasteiger partial charge < -0.3 is 5.11 Å². The molecule has 1 aromatic carbocycles. The fraction of sp³-hybridized carbons (Fsp3) is 0.250. The summed E-state index contributed by atoms with van der Waals surface area (Å²) < 4.78 is 0. The first-order chi connectivity index (χ1) is 6.68. The first-order valence-electron chi connectivity index (χ1n) is 4.72. The van der Waals surface area contributed by atoms with E-state index in [0.717, 1.165) is 22.0 Å². The summed E-state index contributed by atoms with van der Waals surface area (Å²) in [6.07, 6.45) is 1.36. The highest BCUT2D eigenvalue weighted by Crippen LogP contribution is 2.22. The molecule has 0 fully saturated rings. The highest BCUT2D eigenvalue weighted by Gasteiger charge is 2.06. The summed E-state index contributed by atoms with van der Waals surface area (Å²) in [5.74, 6) is 0. The number of aryl methyl sites for hydroxylation is 1. The monoisotopic (exact) mass is 187 g/mol. The van der Waals surface area contributed by atoms with E-state index in [1.165, 1.54) is 0 Å². The number of rotatable bonds is 1. The Morgan fingerprint density at radius 1 is 1.36 bits per heavy atom. The molecule has 0 aliphatic rings. The van der Waals surface area contributed by atoms with Crippen molar-refractivity contribution in [2.45, 2.75) is 20.0 Å². The Labute approximate surface area is 83.2 Å². The van der Waals surface area contributed by atoms with E-state index in [2.05, 4.69) is 4.98 Å². The van der Waals surface area contributed by atoms with Gasteiger partial charge in [0.2, 0.25) is 0 Å². The van der Waals surface area contributed by atoms with Crippen molar-refractivity contribution in [2.24, 2.45) is 0 Å². The molecule has 1 N–H and O–H groups in total. The molecule has 2 rings (SSSR count). The summed E-state index contributed by atoms with van der Waals surface area (Å²) >= 11 is 0. The molecule has 2 aromatic rings. The summed E-state index contributed by atoms with van der Waals surface area (Å²) in [5.41, 5.74) is 3.05. The van der Waals surface area contributed by atoms with Crippen molar-refractivity contribution in [3.63, 3.8) is 0 Å². The molecule has 1 aromatic heterocycles. The molecule has 0 saturated heterocycles. The van der Waals surface area contributed by atoms with Crippen LogP contribution in [0.2, 0.25) is 0 Å². The molecule has 0 aliphatic heterocycles. The van der Waals surface area contributed by atoms with Crippen molar-refractivity contribution in [1.29, 1.82) is 0 Å². The van der Waals surface area contributed by atoms with Gasteiger partial charge in [0.1, 0.15) is 0 Å². The molecule has 0 amide bonds. The summed E-state index contributed by atoms with van der Waals surface area (Å²) in [7, 11) is 0. The number of hydrogen-bond acceptors (Lipinski definition) is 2. The quantitative estimate of drug-likeness (QED) is 0.744. The van der Waals surface area contributed by atoms with Crippen LogP contribution in [-0.4, -0.2) is 10.1 Å². The zero-order valence-corrected chi connectivity index (χ0v) is 8.36. The fourth-order valence-corrected chi connectivity index (χ4v) is 1.69. The SMILES string of the molecule is Cc1cc2ncccc2cc1C(C)O. The molecule has 0 radical (unpaired) electrons. The van der Waals surface area contributed by atoms with Gasteiger partial charge >= 0.3 is 0 Å². The van der Waals surface area contributed by atoms with E-state index in [-0.39, 0.29) is 0 Å². The standard InChI is InChI=1S/C12H13NO/c1-8-6-12-10(4-3-5-13-12)7-11(8)9(2)14/h3-7,9,14H,1-2H3. The van der Waals surface area contributed by atoms with Crippen LogP contribution in [0.3, 0.4) is 0 Å². The van der Waals surface area contributed by atoms with Crippen LogP contribution in [0.4, 0.5) is 0 Å².